The summed E-state index contributed by atoms with van der Waals surface area (Å²) in [6, 6.07) is 10.7. The quantitative estimate of drug-likeness (QED) is 0.899. The molecule has 2 aromatic carbocycles. The van der Waals surface area contributed by atoms with Crippen molar-refractivity contribution in [3.05, 3.63) is 42.0 Å². The Morgan fingerprint density at radius 1 is 0.950 bits per heavy atom. The van der Waals surface area contributed by atoms with Crippen molar-refractivity contribution in [2.45, 2.75) is 13.0 Å². The summed E-state index contributed by atoms with van der Waals surface area (Å²) in [7, 11) is 3.06. The summed E-state index contributed by atoms with van der Waals surface area (Å²) < 4.78 is 10.5. The second-order valence-electron chi connectivity index (χ2n) is 4.46. The molecule has 0 fully saturated rings. The van der Waals surface area contributed by atoms with E-state index in [0.717, 1.165) is 0 Å². The van der Waals surface area contributed by atoms with Crippen LogP contribution in [-0.2, 0) is 0 Å². The largest absolute Gasteiger partial charge is 0.504 e. The maximum Gasteiger partial charge on any atom is 0.166 e. The SMILES string of the molecule is COc1ccccc1-c1c([C@@H](C)O)ccc(OC)c1O. The predicted molar refractivity (Wildman–Crippen MR) is 77.3 cm³/mol. The van der Waals surface area contributed by atoms with Gasteiger partial charge in [-0.05, 0) is 24.6 Å². The molecule has 0 aliphatic heterocycles. The van der Waals surface area contributed by atoms with Crippen LogP contribution in [0.4, 0.5) is 0 Å². The molecule has 0 aliphatic carbocycles. The first-order valence-corrected chi connectivity index (χ1v) is 6.31. The highest BCUT2D eigenvalue weighted by atomic mass is 16.5. The van der Waals surface area contributed by atoms with Gasteiger partial charge >= 0.3 is 0 Å². The monoisotopic (exact) mass is 274 g/mol. The zero-order valence-corrected chi connectivity index (χ0v) is 11.8. The minimum absolute atomic E-state index is 0.00426. The number of rotatable bonds is 4. The minimum atomic E-state index is -0.716. The average molecular weight is 274 g/mol. The number of aliphatic hydroxyl groups is 1. The van der Waals surface area contributed by atoms with Crippen LogP contribution < -0.4 is 9.47 Å². The number of hydrogen-bond acceptors (Lipinski definition) is 4. The van der Waals surface area contributed by atoms with Crippen LogP contribution in [-0.4, -0.2) is 24.4 Å². The molecule has 0 aliphatic rings. The molecule has 2 rings (SSSR count). The average Bonchev–Trinajstić information content (AvgIpc) is 2.46. The van der Waals surface area contributed by atoms with Gasteiger partial charge in [0, 0.05) is 11.1 Å². The summed E-state index contributed by atoms with van der Waals surface area (Å²) in [6.45, 7) is 1.65. The van der Waals surface area contributed by atoms with Gasteiger partial charge in [0.25, 0.3) is 0 Å². The number of phenols is 1. The molecule has 20 heavy (non-hydrogen) atoms. The molecule has 1 atom stereocenters. The summed E-state index contributed by atoms with van der Waals surface area (Å²) in [4.78, 5) is 0. The molecule has 0 radical (unpaired) electrons. The Kier molecular flexibility index (Phi) is 4.15. The highest BCUT2D eigenvalue weighted by molar-refractivity contribution is 5.81. The fraction of sp³-hybridized carbons (Fsp3) is 0.250. The molecule has 0 saturated heterocycles. The Hall–Kier alpha value is -2.20. The highest BCUT2D eigenvalue weighted by Gasteiger charge is 2.20. The third-order valence-corrected chi connectivity index (χ3v) is 3.22. The van der Waals surface area contributed by atoms with E-state index in [1.54, 1.807) is 32.2 Å². The van der Waals surface area contributed by atoms with E-state index >= 15 is 0 Å². The molecule has 0 heterocycles. The molecule has 0 saturated carbocycles. The summed E-state index contributed by atoms with van der Waals surface area (Å²) in [5, 5.41) is 20.3. The summed E-state index contributed by atoms with van der Waals surface area (Å²) >= 11 is 0. The smallest absolute Gasteiger partial charge is 0.166 e. The number of aromatic hydroxyl groups is 1. The Morgan fingerprint density at radius 3 is 2.20 bits per heavy atom. The highest BCUT2D eigenvalue weighted by Crippen LogP contribution is 2.44. The lowest BCUT2D eigenvalue weighted by Gasteiger charge is -2.18. The van der Waals surface area contributed by atoms with Crippen LogP contribution in [0.3, 0.4) is 0 Å². The first kappa shape index (κ1) is 14.2. The number of hydrogen-bond donors (Lipinski definition) is 2. The fourth-order valence-corrected chi connectivity index (χ4v) is 2.23. The van der Waals surface area contributed by atoms with E-state index < -0.39 is 6.10 Å². The van der Waals surface area contributed by atoms with E-state index in [9.17, 15) is 10.2 Å². The number of benzene rings is 2. The van der Waals surface area contributed by atoms with Crippen molar-refractivity contribution >= 4 is 0 Å². The molecule has 4 nitrogen and oxygen atoms in total. The fourth-order valence-electron chi connectivity index (χ4n) is 2.23. The van der Waals surface area contributed by atoms with Gasteiger partial charge in [0.05, 0.1) is 20.3 Å². The van der Waals surface area contributed by atoms with Gasteiger partial charge in [-0.3, -0.25) is 0 Å². The lowest BCUT2D eigenvalue weighted by molar-refractivity contribution is 0.199. The Morgan fingerprint density at radius 2 is 1.60 bits per heavy atom. The van der Waals surface area contributed by atoms with Crippen LogP contribution >= 0.6 is 0 Å². The predicted octanol–water partition coefficient (Wildman–Crippen LogP) is 3.13. The van der Waals surface area contributed by atoms with Crippen LogP contribution in [0.25, 0.3) is 11.1 Å². The number of phenolic OH excluding ortho intramolecular Hbond substituents is 1. The summed E-state index contributed by atoms with van der Waals surface area (Å²) in [5.41, 5.74) is 1.85. The molecular weight excluding hydrogens is 256 g/mol. The van der Waals surface area contributed by atoms with Gasteiger partial charge in [0.1, 0.15) is 5.75 Å². The van der Waals surface area contributed by atoms with E-state index in [2.05, 4.69) is 0 Å². The Balaban J connectivity index is 2.76. The van der Waals surface area contributed by atoms with Crippen LogP contribution in [0, 0.1) is 0 Å². The third-order valence-electron chi connectivity index (χ3n) is 3.22. The van der Waals surface area contributed by atoms with E-state index in [0.29, 0.717) is 28.2 Å². The molecule has 2 aromatic rings. The van der Waals surface area contributed by atoms with Gasteiger partial charge in [-0.1, -0.05) is 24.3 Å². The van der Waals surface area contributed by atoms with E-state index in [4.69, 9.17) is 9.47 Å². The zero-order valence-electron chi connectivity index (χ0n) is 11.8. The van der Waals surface area contributed by atoms with E-state index in [-0.39, 0.29) is 5.75 Å². The molecule has 0 unspecified atom stereocenters. The third kappa shape index (κ3) is 2.42. The standard InChI is InChI=1S/C16H18O4/c1-10(17)11-8-9-14(20-3)16(18)15(11)12-6-4-5-7-13(12)19-2/h4-10,17-18H,1-3H3/t10-/m1/s1. The summed E-state index contributed by atoms with van der Waals surface area (Å²) in [5.74, 6) is 0.976. The van der Waals surface area contributed by atoms with E-state index in [1.165, 1.54) is 7.11 Å². The molecule has 2 N–H and O–H groups in total. The number of ether oxygens (including phenoxy) is 2. The number of methoxy groups -OCH3 is 2. The maximum atomic E-state index is 10.4. The van der Waals surface area contributed by atoms with Crippen molar-refractivity contribution in [2.75, 3.05) is 14.2 Å². The van der Waals surface area contributed by atoms with Gasteiger partial charge in [0.2, 0.25) is 0 Å². The van der Waals surface area contributed by atoms with Gasteiger partial charge in [-0.2, -0.15) is 0 Å². The molecule has 0 amide bonds. The van der Waals surface area contributed by atoms with Crippen LogP contribution in [0.2, 0.25) is 0 Å². The molecule has 106 valence electrons. The van der Waals surface area contributed by atoms with Crippen molar-refractivity contribution in [3.63, 3.8) is 0 Å². The molecule has 4 heteroatoms. The second kappa shape index (κ2) is 5.84. The number of aliphatic hydroxyl groups excluding tert-OH is 1. The van der Waals surface area contributed by atoms with Gasteiger partial charge in [-0.25, -0.2) is 0 Å². The maximum absolute atomic E-state index is 10.4. The number of para-hydroxylation sites is 1. The van der Waals surface area contributed by atoms with Crippen molar-refractivity contribution in [1.82, 2.24) is 0 Å². The first-order valence-electron chi connectivity index (χ1n) is 6.31. The van der Waals surface area contributed by atoms with Gasteiger partial charge in [-0.15, -0.1) is 0 Å². The Bertz CT molecular complexity index is 605. The topological polar surface area (TPSA) is 58.9 Å². The van der Waals surface area contributed by atoms with Gasteiger partial charge in [0.15, 0.2) is 11.5 Å². The molecule has 0 bridgehead atoms. The molecule has 0 spiro atoms. The molecular formula is C16H18O4. The second-order valence-corrected chi connectivity index (χ2v) is 4.46. The van der Waals surface area contributed by atoms with Crippen molar-refractivity contribution in [2.24, 2.45) is 0 Å². The lowest BCUT2D eigenvalue weighted by Crippen LogP contribution is -1.98. The van der Waals surface area contributed by atoms with Crippen LogP contribution in [0.15, 0.2) is 36.4 Å². The lowest BCUT2D eigenvalue weighted by atomic mass is 9.94. The Labute approximate surface area is 118 Å². The zero-order chi connectivity index (χ0) is 14.7. The normalized spacial score (nSPS) is 12.0. The molecule has 0 aromatic heterocycles. The minimum Gasteiger partial charge on any atom is -0.504 e. The first-order chi connectivity index (χ1) is 9.60. The van der Waals surface area contributed by atoms with Gasteiger partial charge < -0.3 is 19.7 Å². The summed E-state index contributed by atoms with van der Waals surface area (Å²) in [6.07, 6.45) is -0.716. The van der Waals surface area contributed by atoms with E-state index in [1.807, 2.05) is 18.2 Å². The van der Waals surface area contributed by atoms with Crippen LogP contribution in [0.1, 0.15) is 18.6 Å². The van der Waals surface area contributed by atoms with Crippen molar-refractivity contribution in [3.8, 4) is 28.4 Å². The van der Waals surface area contributed by atoms with Crippen molar-refractivity contribution in [1.29, 1.82) is 0 Å². The van der Waals surface area contributed by atoms with Crippen molar-refractivity contribution < 1.29 is 19.7 Å². The van der Waals surface area contributed by atoms with Crippen LogP contribution in [0.5, 0.6) is 17.2 Å².